The maximum absolute atomic E-state index is 11.1. The topological polar surface area (TPSA) is 72.3 Å². The van der Waals surface area contributed by atoms with Gasteiger partial charge >= 0.3 is 5.97 Å². The van der Waals surface area contributed by atoms with Crippen molar-refractivity contribution in [2.75, 3.05) is 6.61 Å². The Bertz CT molecular complexity index is 416. The Morgan fingerprint density at radius 2 is 2.00 bits per heavy atom. The molecule has 0 unspecified atom stereocenters. The number of ether oxygens (including phenoxy) is 1. The standard InChI is InChI=1S/C12H18N2O3/c1-7(2)5-6-17-11-10(12(15)16)8(3)9(4)13-14-11/h7H,5-6H2,1-4H3,(H,15,16). The molecule has 0 radical (unpaired) electrons. The smallest absolute Gasteiger partial charge is 0.341 e. The van der Waals surface area contributed by atoms with Gasteiger partial charge in [0.1, 0.15) is 5.56 Å². The third-order valence-corrected chi connectivity index (χ3v) is 2.57. The molecule has 1 aromatic rings. The molecule has 0 bridgehead atoms. The minimum absolute atomic E-state index is 0.112. The molecule has 1 aromatic heterocycles. The maximum atomic E-state index is 11.1. The molecule has 0 aliphatic heterocycles. The van der Waals surface area contributed by atoms with Crippen LogP contribution in [0.1, 0.15) is 41.9 Å². The van der Waals surface area contributed by atoms with E-state index in [0.29, 0.717) is 23.8 Å². The molecule has 1 N–H and O–H groups in total. The van der Waals surface area contributed by atoms with Crippen LogP contribution in [-0.2, 0) is 0 Å². The van der Waals surface area contributed by atoms with Crippen molar-refractivity contribution < 1.29 is 14.6 Å². The van der Waals surface area contributed by atoms with Crippen LogP contribution in [0.2, 0.25) is 0 Å². The average molecular weight is 238 g/mol. The van der Waals surface area contributed by atoms with Crippen molar-refractivity contribution in [3.05, 3.63) is 16.8 Å². The zero-order valence-electron chi connectivity index (χ0n) is 10.6. The van der Waals surface area contributed by atoms with Crippen LogP contribution < -0.4 is 4.74 Å². The highest BCUT2D eigenvalue weighted by Gasteiger charge is 2.18. The number of rotatable bonds is 5. The highest BCUT2D eigenvalue weighted by atomic mass is 16.5. The van der Waals surface area contributed by atoms with Gasteiger partial charge in [0.2, 0.25) is 5.88 Å². The van der Waals surface area contributed by atoms with Crippen molar-refractivity contribution in [1.82, 2.24) is 10.2 Å². The van der Waals surface area contributed by atoms with E-state index in [9.17, 15) is 4.79 Å². The molecule has 5 heteroatoms. The van der Waals surface area contributed by atoms with Gasteiger partial charge in [-0.2, -0.15) is 5.10 Å². The lowest BCUT2D eigenvalue weighted by Crippen LogP contribution is -2.12. The SMILES string of the molecule is Cc1nnc(OCCC(C)C)c(C(=O)O)c1C. The third-order valence-electron chi connectivity index (χ3n) is 2.57. The molecule has 0 spiro atoms. The summed E-state index contributed by atoms with van der Waals surface area (Å²) in [7, 11) is 0. The molecule has 94 valence electrons. The number of aryl methyl sites for hydroxylation is 1. The van der Waals surface area contributed by atoms with Crippen molar-refractivity contribution in [3.63, 3.8) is 0 Å². The molecular formula is C12H18N2O3. The second-order valence-corrected chi connectivity index (χ2v) is 4.43. The lowest BCUT2D eigenvalue weighted by molar-refractivity contribution is 0.0689. The Labute approximate surface area is 101 Å². The number of carboxylic acids is 1. The van der Waals surface area contributed by atoms with E-state index in [4.69, 9.17) is 9.84 Å². The summed E-state index contributed by atoms with van der Waals surface area (Å²) in [6.07, 6.45) is 0.855. The van der Waals surface area contributed by atoms with E-state index in [2.05, 4.69) is 24.0 Å². The van der Waals surface area contributed by atoms with Crippen molar-refractivity contribution >= 4 is 5.97 Å². The first-order valence-corrected chi connectivity index (χ1v) is 5.63. The molecule has 0 aromatic carbocycles. The largest absolute Gasteiger partial charge is 0.477 e. The lowest BCUT2D eigenvalue weighted by Gasteiger charge is -2.11. The monoisotopic (exact) mass is 238 g/mol. The molecule has 0 aliphatic rings. The number of nitrogens with zero attached hydrogens (tertiary/aromatic N) is 2. The zero-order chi connectivity index (χ0) is 13.0. The molecule has 0 saturated carbocycles. The van der Waals surface area contributed by atoms with Gasteiger partial charge in [-0.1, -0.05) is 13.8 Å². The van der Waals surface area contributed by atoms with Gasteiger partial charge in [-0.25, -0.2) is 4.79 Å². The Morgan fingerprint density at radius 3 is 2.53 bits per heavy atom. The van der Waals surface area contributed by atoms with Crippen LogP contribution in [0.4, 0.5) is 0 Å². The van der Waals surface area contributed by atoms with Crippen molar-refractivity contribution in [1.29, 1.82) is 0 Å². The predicted octanol–water partition coefficient (Wildman–Crippen LogP) is 2.22. The minimum Gasteiger partial charge on any atom is -0.477 e. The summed E-state index contributed by atoms with van der Waals surface area (Å²) >= 11 is 0. The Balaban J connectivity index is 2.91. The normalized spacial score (nSPS) is 10.6. The number of aromatic carboxylic acids is 1. The summed E-state index contributed by atoms with van der Waals surface area (Å²) < 4.78 is 5.39. The molecular weight excluding hydrogens is 220 g/mol. The second-order valence-electron chi connectivity index (χ2n) is 4.43. The van der Waals surface area contributed by atoms with Crippen LogP contribution >= 0.6 is 0 Å². The quantitative estimate of drug-likeness (QED) is 0.851. The number of carboxylic acid groups (broad SMARTS) is 1. The first kappa shape index (κ1) is 13.4. The van der Waals surface area contributed by atoms with E-state index in [1.165, 1.54) is 0 Å². The molecule has 1 heterocycles. The number of hydrogen-bond donors (Lipinski definition) is 1. The van der Waals surface area contributed by atoms with Crippen LogP contribution in [0.5, 0.6) is 5.88 Å². The molecule has 1 rings (SSSR count). The minimum atomic E-state index is -1.03. The van der Waals surface area contributed by atoms with Crippen LogP contribution in [0.15, 0.2) is 0 Å². The summed E-state index contributed by atoms with van der Waals surface area (Å²) in [5.74, 6) is -0.413. The summed E-state index contributed by atoms with van der Waals surface area (Å²) in [6.45, 7) is 8.05. The van der Waals surface area contributed by atoms with Crippen molar-refractivity contribution in [2.45, 2.75) is 34.1 Å². The Kier molecular flexibility index (Phi) is 4.43. The van der Waals surface area contributed by atoms with E-state index < -0.39 is 5.97 Å². The average Bonchev–Trinajstić information content (AvgIpc) is 2.22. The van der Waals surface area contributed by atoms with Crippen molar-refractivity contribution in [3.8, 4) is 5.88 Å². The van der Waals surface area contributed by atoms with E-state index in [1.54, 1.807) is 13.8 Å². The van der Waals surface area contributed by atoms with Gasteiger partial charge in [0.15, 0.2) is 0 Å². The number of aromatic nitrogens is 2. The third kappa shape index (κ3) is 3.41. The fraction of sp³-hybridized carbons (Fsp3) is 0.583. The summed E-state index contributed by atoms with van der Waals surface area (Å²) in [6, 6.07) is 0. The molecule has 0 aliphatic carbocycles. The Hall–Kier alpha value is -1.65. The highest BCUT2D eigenvalue weighted by Crippen LogP contribution is 2.20. The van der Waals surface area contributed by atoms with Gasteiger partial charge in [-0.05, 0) is 31.7 Å². The molecule has 0 amide bonds. The van der Waals surface area contributed by atoms with Gasteiger partial charge in [0.05, 0.1) is 12.3 Å². The zero-order valence-corrected chi connectivity index (χ0v) is 10.6. The van der Waals surface area contributed by atoms with Gasteiger partial charge in [0, 0.05) is 0 Å². The van der Waals surface area contributed by atoms with E-state index in [-0.39, 0.29) is 11.4 Å². The summed E-state index contributed by atoms with van der Waals surface area (Å²) in [4.78, 5) is 11.1. The van der Waals surface area contributed by atoms with Crippen LogP contribution in [0, 0.1) is 19.8 Å². The predicted molar refractivity (Wildman–Crippen MR) is 63.4 cm³/mol. The van der Waals surface area contributed by atoms with E-state index in [0.717, 1.165) is 6.42 Å². The molecule has 0 saturated heterocycles. The summed E-state index contributed by atoms with van der Waals surface area (Å²) in [5, 5.41) is 16.8. The maximum Gasteiger partial charge on any atom is 0.341 e. The molecule has 0 atom stereocenters. The fourth-order valence-electron chi connectivity index (χ4n) is 1.33. The molecule has 17 heavy (non-hydrogen) atoms. The first-order valence-electron chi connectivity index (χ1n) is 5.63. The van der Waals surface area contributed by atoms with Gasteiger partial charge in [0.25, 0.3) is 0 Å². The lowest BCUT2D eigenvalue weighted by atomic mass is 10.1. The Morgan fingerprint density at radius 1 is 1.35 bits per heavy atom. The van der Waals surface area contributed by atoms with Gasteiger partial charge in [-0.15, -0.1) is 5.10 Å². The highest BCUT2D eigenvalue weighted by molar-refractivity contribution is 5.91. The molecule has 5 nitrogen and oxygen atoms in total. The summed E-state index contributed by atoms with van der Waals surface area (Å²) in [5.41, 5.74) is 1.33. The van der Waals surface area contributed by atoms with Crippen LogP contribution in [-0.4, -0.2) is 27.9 Å². The first-order chi connectivity index (χ1) is 7.93. The van der Waals surface area contributed by atoms with Crippen molar-refractivity contribution in [2.24, 2.45) is 5.92 Å². The fourth-order valence-corrected chi connectivity index (χ4v) is 1.33. The van der Waals surface area contributed by atoms with Crippen LogP contribution in [0.25, 0.3) is 0 Å². The van der Waals surface area contributed by atoms with Gasteiger partial charge < -0.3 is 9.84 Å². The number of hydrogen-bond acceptors (Lipinski definition) is 4. The van der Waals surface area contributed by atoms with E-state index >= 15 is 0 Å². The second kappa shape index (κ2) is 5.61. The molecule has 0 fully saturated rings. The van der Waals surface area contributed by atoms with Crippen LogP contribution in [0.3, 0.4) is 0 Å². The van der Waals surface area contributed by atoms with Gasteiger partial charge in [-0.3, -0.25) is 0 Å². The number of carbonyl (C=O) groups is 1. The van der Waals surface area contributed by atoms with E-state index in [1.807, 2.05) is 0 Å².